The standard InChI is InChI=1S/C17H25N3O4/c1-10-15(11(2)19-16(10)12(3)21)17(23)18-8-13-7-14(22)20(9-13)5-6-24-4/h13,19H,5-9H2,1-4H3,(H,18,23)/t13-/m0/s1. The molecule has 0 aliphatic carbocycles. The Kier molecular flexibility index (Phi) is 5.77. The Bertz CT molecular complexity index is 651. The minimum atomic E-state index is -0.212. The molecule has 2 amide bonds. The van der Waals surface area contributed by atoms with Crippen molar-refractivity contribution in [1.82, 2.24) is 15.2 Å². The second-order valence-electron chi connectivity index (χ2n) is 6.29. The minimum absolute atomic E-state index is 0.0928. The Morgan fingerprint density at radius 1 is 1.38 bits per heavy atom. The van der Waals surface area contributed by atoms with Gasteiger partial charge in [-0.2, -0.15) is 0 Å². The highest BCUT2D eigenvalue weighted by atomic mass is 16.5. The molecule has 1 saturated heterocycles. The van der Waals surface area contributed by atoms with Crippen LogP contribution in [-0.2, 0) is 9.53 Å². The Morgan fingerprint density at radius 3 is 2.67 bits per heavy atom. The number of likely N-dealkylation sites (tertiary alicyclic amines) is 1. The highest BCUT2D eigenvalue weighted by molar-refractivity contribution is 6.02. The lowest BCUT2D eigenvalue weighted by atomic mass is 10.1. The molecular weight excluding hydrogens is 310 g/mol. The smallest absolute Gasteiger partial charge is 0.253 e. The maximum atomic E-state index is 12.5. The molecule has 7 nitrogen and oxygen atoms in total. The number of nitrogens with one attached hydrogen (secondary N) is 2. The number of hydrogen-bond acceptors (Lipinski definition) is 4. The summed E-state index contributed by atoms with van der Waals surface area (Å²) < 4.78 is 5.00. The summed E-state index contributed by atoms with van der Waals surface area (Å²) in [6.07, 6.45) is 0.438. The zero-order chi connectivity index (χ0) is 17.9. The van der Waals surface area contributed by atoms with Crippen LogP contribution in [0.15, 0.2) is 0 Å². The van der Waals surface area contributed by atoms with Gasteiger partial charge in [0, 0.05) is 51.7 Å². The van der Waals surface area contributed by atoms with Gasteiger partial charge in [-0.1, -0.05) is 0 Å². The van der Waals surface area contributed by atoms with E-state index in [1.165, 1.54) is 6.92 Å². The van der Waals surface area contributed by atoms with Crippen molar-refractivity contribution in [3.63, 3.8) is 0 Å². The number of aromatic amines is 1. The topological polar surface area (TPSA) is 91.5 Å². The van der Waals surface area contributed by atoms with Gasteiger partial charge >= 0.3 is 0 Å². The molecule has 0 spiro atoms. The number of methoxy groups -OCH3 is 1. The van der Waals surface area contributed by atoms with E-state index in [1.54, 1.807) is 25.9 Å². The van der Waals surface area contributed by atoms with E-state index in [4.69, 9.17) is 4.74 Å². The van der Waals surface area contributed by atoms with Gasteiger partial charge in [-0.15, -0.1) is 0 Å². The van der Waals surface area contributed by atoms with E-state index >= 15 is 0 Å². The molecule has 0 radical (unpaired) electrons. The lowest BCUT2D eigenvalue weighted by Crippen LogP contribution is -2.32. The summed E-state index contributed by atoms with van der Waals surface area (Å²) in [5.74, 6) is -0.106. The minimum Gasteiger partial charge on any atom is -0.383 e. The predicted octanol–water partition coefficient (Wildman–Crippen LogP) is 1.06. The van der Waals surface area contributed by atoms with Crippen molar-refractivity contribution >= 4 is 17.6 Å². The van der Waals surface area contributed by atoms with Crippen LogP contribution in [0.2, 0.25) is 0 Å². The van der Waals surface area contributed by atoms with Crippen molar-refractivity contribution in [1.29, 1.82) is 0 Å². The zero-order valence-corrected chi connectivity index (χ0v) is 14.7. The van der Waals surface area contributed by atoms with Gasteiger partial charge in [0.25, 0.3) is 5.91 Å². The molecule has 1 aromatic rings. The highest BCUT2D eigenvalue weighted by Crippen LogP contribution is 2.20. The van der Waals surface area contributed by atoms with Gasteiger partial charge in [-0.3, -0.25) is 14.4 Å². The lowest BCUT2D eigenvalue weighted by Gasteiger charge is -2.16. The van der Waals surface area contributed by atoms with Crippen LogP contribution in [0.25, 0.3) is 0 Å². The Balaban J connectivity index is 1.95. The number of carbonyl (C=O) groups excluding carboxylic acids is 3. The number of aromatic nitrogens is 1. The third kappa shape index (κ3) is 3.84. The molecule has 1 aromatic heterocycles. The first-order valence-electron chi connectivity index (χ1n) is 8.10. The van der Waals surface area contributed by atoms with Gasteiger partial charge in [0.05, 0.1) is 17.9 Å². The SMILES string of the molecule is COCCN1C[C@H](CNC(=O)c2c(C)[nH]c(C(C)=O)c2C)CC1=O. The van der Waals surface area contributed by atoms with Gasteiger partial charge in [-0.05, 0) is 19.4 Å². The number of Topliss-reactive ketones (excluding diaryl/α,β-unsaturated/α-hetero) is 1. The van der Waals surface area contributed by atoms with E-state index in [-0.39, 0.29) is 23.5 Å². The molecule has 2 rings (SSSR count). The first kappa shape index (κ1) is 18.2. The number of carbonyl (C=O) groups is 3. The maximum Gasteiger partial charge on any atom is 0.253 e. The highest BCUT2D eigenvalue weighted by Gasteiger charge is 2.30. The molecule has 0 unspecified atom stereocenters. The number of ether oxygens (including phenoxy) is 1. The summed E-state index contributed by atoms with van der Waals surface area (Å²) in [4.78, 5) is 40.7. The van der Waals surface area contributed by atoms with Crippen molar-refractivity contribution in [2.75, 3.05) is 33.4 Å². The van der Waals surface area contributed by atoms with Crippen LogP contribution >= 0.6 is 0 Å². The molecule has 24 heavy (non-hydrogen) atoms. The van der Waals surface area contributed by atoms with Gasteiger partial charge in [-0.25, -0.2) is 0 Å². The van der Waals surface area contributed by atoms with Crippen LogP contribution < -0.4 is 5.32 Å². The number of rotatable bonds is 7. The Morgan fingerprint density at radius 2 is 2.08 bits per heavy atom. The van der Waals surface area contributed by atoms with E-state index in [1.807, 2.05) is 0 Å². The molecular formula is C17H25N3O4. The fraction of sp³-hybridized carbons (Fsp3) is 0.588. The van der Waals surface area contributed by atoms with Crippen LogP contribution in [0, 0.1) is 19.8 Å². The molecule has 132 valence electrons. The zero-order valence-electron chi connectivity index (χ0n) is 14.7. The molecule has 0 bridgehead atoms. The molecule has 1 atom stereocenters. The van der Waals surface area contributed by atoms with Crippen LogP contribution in [0.1, 0.15) is 45.4 Å². The van der Waals surface area contributed by atoms with E-state index in [2.05, 4.69) is 10.3 Å². The van der Waals surface area contributed by atoms with Crippen LogP contribution in [0.3, 0.4) is 0 Å². The monoisotopic (exact) mass is 335 g/mol. The summed E-state index contributed by atoms with van der Waals surface area (Å²) in [6, 6.07) is 0. The van der Waals surface area contributed by atoms with E-state index in [9.17, 15) is 14.4 Å². The molecule has 2 N–H and O–H groups in total. The largest absolute Gasteiger partial charge is 0.383 e. The molecule has 1 aliphatic rings. The lowest BCUT2D eigenvalue weighted by molar-refractivity contribution is -0.128. The average Bonchev–Trinajstić information content (AvgIpc) is 3.02. The summed E-state index contributed by atoms with van der Waals surface area (Å²) in [5, 5.41) is 2.89. The van der Waals surface area contributed by atoms with Crippen molar-refractivity contribution in [2.45, 2.75) is 27.2 Å². The summed E-state index contributed by atoms with van der Waals surface area (Å²) in [5.41, 5.74) is 2.33. The van der Waals surface area contributed by atoms with Crippen molar-refractivity contribution < 1.29 is 19.1 Å². The second kappa shape index (κ2) is 7.61. The third-order valence-electron chi connectivity index (χ3n) is 4.43. The fourth-order valence-electron chi connectivity index (χ4n) is 3.18. The summed E-state index contributed by atoms with van der Waals surface area (Å²) in [7, 11) is 1.61. The molecule has 1 fully saturated rings. The van der Waals surface area contributed by atoms with Crippen molar-refractivity contribution in [3.05, 3.63) is 22.5 Å². The molecule has 7 heteroatoms. The first-order valence-corrected chi connectivity index (χ1v) is 8.10. The molecule has 2 heterocycles. The number of nitrogens with zero attached hydrogens (tertiary/aromatic N) is 1. The summed E-state index contributed by atoms with van der Waals surface area (Å²) in [6.45, 7) is 7.18. The number of hydrogen-bond donors (Lipinski definition) is 2. The van der Waals surface area contributed by atoms with E-state index < -0.39 is 0 Å². The van der Waals surface area contributed by atoms with Crippen LogP contribution in [-0.4, -0.2) is 60.8 Å². The first-order chi connectivity index (χ1) is 11.3. The second-order valence-corrected chi connectivity index (χ2v) is 6.29. The van der Waals surface area contributed by atoms with Crippen molar-refractivity contribution in [2.24, 2.45) is 5.92 Å². The fourth-order valence-corrected chi connectivity index (χ4v) is 3.18. The van der Waals surface area contributed by atoms with Crippen LogP contribution in [0.4, 0.5) is 0 Å². The average molecular weight is 335 g/mol. The number of amides is 2. The number of ketones is 1. The third-order valence-corrected chi connectivity index (χ3v) is 4.43. The maximum absolute atomic E-state index is 12.5. The normalized spacial score (nSPS) is 17.4. The molecule has 1 aliphatic heterocycles. The Hall–Kier alpha value is -2.15. The van der Waals surface area contributed by atoms with Gasteiger partial charge < -0.3 is 19.9 Å². The van der Waals surface area contributed by atoms with Gasteiger partial charge in [0.2, 0.25) is 5.91 Å². The van der Waals surface area contributed by atoms with Gasteiger partial charge in [0.15, 0.2) is 5.78 Å². The van der Waals surface area contributed by atoms with Crippen LogP contribution in [0.5, 0.6) is 0 Å². The van der Waals surface area contributed by atoms with E-state index in [0.717, 1.165) is 0 Å². The quantitative estimate of drug-likeness (QED) is 0.729. The van der Waals surface area contributed by atoms with Crippen molar-refractivity contribution in [3.8, 4) is 0 Å². The Labute approximate surface area is 141 Å². The number of aryl methyl sites for hydroxylation is 1. The van der Waals surface area contributed by atoms with E-state index in [0.29, 0.717) is 55.2 Å². The summed E-state index contributed by atoms with van der Waals surface area (Å²) >= 11 is 0. The molecule has 0 aromatic carbocycles. The predicted molar refractivity (Wildman–Crippen MR) is 89.2 cm³/mol. The van der Waals surface area contributed by atoms with Gasteiger partial charge in [0.1, 0.15) is 0 Å². The number of H-pyrrole nitrogens is 1. The molecule has 0 saturated carbocycles.